The maximum Gasteiger partial charge on any atom is 0.332 e. The Bertz CT molecular complexity index is 1460. The van der Waals surface area contributed by atoms with Crippen molar-refractivity contribution in [3.63, 3.8) is 0 Å². The molecule has 0 amide bonds. The monoisotopic (exact) mass is 413 g/mol. The highest BCUT2D eigenvalue weighted by molar-refractivity contribution is 6.30. The maximum atomic E-state index is 13.6. The van der Waals surface area contributed by atoms with Crippen molar-refractivity contribution in [1.82, 2.24) is 9.13 Å². The van der Waals surface area contributed by atoms with Crippen LogP contribution in [-0.2, 0) is 14.1 Å². The van der Waals surface area contributed by atoms with Crippen molar-refractivity contribution in [3.8, 4) is 0 Å². The molecule has 0 bridgehead atoms. The molecule has 0 saturated carbocycles. The van der Waals surface area contributed by atoms with Gasteiger partial charge in [-0.15, -0.1) is 0 Å². The molecule has 31 heavy (non-hydrogen) atoms. The summed E-state index contributed by atoms with van der Waals surface area (Å²) in [7, 11) is 3.09. The molecule has 0 fully saturated rings. The third-order valence-corrected chi connectivity index (χ3v) is 7.02. The number of ketones is 1. The molecule has 2 atom stereocenters. The molecule has 156 valence electrons. The molecule has 0 unspecified atom stereocenters. The summed E-state index contributed by atoms with van der Waals surface area (Å²) in [4.78, 5) is 44.4. The topological polar surface area (TPSA) is 73.4 Å². The molecule has 1 aliphatic carbocycles. The van der Waals surface area contributed by atoms with E-state index >= 15 is 0 Å². The number of aryl methyl sites for hydroxylation is 1. The number of benzene rings is 2. The molecule has 1 aliphatic heterocycles. The molecule has 5 rings (SSSR count). The lowest BCUT2D eigenvalue weighted by atomic mass is 9.74. The zero-order chi connectivity index (χ0) is 22.2. The molecule has 0 spiro atoms. The second-order valence-electron chi connectivity index (χ2n) is 8.53. The van der Waals surface area contributed by atoms with Gasteiger partial charge < -0.3 is 0 Å². The highest BCUT2D eigenvalue weighted by Crippen LogP contribution is 2.47. The lowest BCUT2D eigenvalue weighted by molar-refractivity contribution is 0.0953. The van der Waals surface area contributed by atoms with Gasteiger partial charge in [-0.1, -0.05) is 36.4 Å². The van der Waals surface area contributed by atoms with Crippen molar-refractivity contribution in [2.75, 3.05) is 0 Å². The fraction of sp³-hybridized carbons (Fsp3) is 0.280. The molecule has 6 heteroatoms. The fourth-order valence-corrected chi connectivity index (χ4v) is 5.02. The van der Waals surface area contributed by atoms with Crippen molar-refractivity contribution in [2.45, 2.75) is 26.7 Å². The minimum absolute atomic E-state index is 0.0291. The van der Waals surface area contributed by atoms with Crippen molar-refractivity contribution >= 4 is 17.3 Å². The predicted octanol–water partition coefficient (Wildman–Crippen LogP) is 3.09. The number of aromatic nitrogens is 2. The highest BCUT2D eigenvalue weighted by atomic mass is 16.2. The van der Waals surface area contributed by atoms with Gasteiger partial charge in [0, 0.05) is 31.1 Å². The second-order valence-corrected chi connectivity index (χ2v) is 8.53. The summed E-state index contributed by atoms with van der Waals surface area (Å²) in [5.74, 6) is -0.784. The largest absolute Gasteiger partial charge is 0.332 e. The van der Waals surface area contributed by atoms with Gasteiger partial charge in [-0.3, -0.25) is 18.7 Å². The summed E-state index contributed by atoms with van der Waals surface area (Å²) in [6.07, 6.45) is 0. The fourth-order valence-electron chi connectivity index (χ4n) is 5.02. The summed E-state index contributed by atoms with van der Waals surface area (Å²) in [5, 5.41) is 0. The Hall–Kier alpha value is -3.54. The van der Waals surface area contributed by atoms with Crippen LogP contribution in [0, 0.1) is 26.7 Å². The minimum atomic E-state index is -0.587. The highest BCUT2D eigenvalue weighted by Gasteiger charge is 2.48. The molecular formula is C25H23N3O3. The van der Waals surface area contributed by atoms with Crippen LogP contribution in [0.5, 0.6) is 0 Å². The Balaban J connectivity index is 1.93. The molecule has 1 aromatic heterocycles. The summed E-state index contributed by atoms with van der Waals surface area (Å²) < 4.78 is 2.52. The molecule has 0 saturated heterocycles. The van der Waals surface area contributed by atoms with Gasteiger partial charge >= 0.3 is 5.69 Å². The maximum absolute atomic E-state index is 13.6. The van der Waals surface area contributed by atoms with Gasteiger partial charge in [0.15, 0.2) is 5.78 Å². The zero-order valence-electron chi connectivity index (χ0n) is 18.2. The second kappa shape index (κ2) is 6.48. The van der Waals surface area contributed by atoms with Crippen LogP contribution in [0.3, 0.4) is 0 Å². The van der Waals surface area contributed by atoms with E-state index in [9.17, 15) is 14.4 Å². The smallest absolute Gasteiger partial charge is 0.293 e. The van der Waals surface area contributed by atoms with Gasteiger partial charge in [-0.2, -0.15) is 0 Å². The molecular weight excluding hydrogens is 390 g/mol. The van der Waals surface area contributed by atoms with E-state index in [1.165, 1.54) is 11.6 Å². The van der Waals surface area contributed by atoms with E-state index in [1.54, 1.807) is 7.05 Å². The number of aliphatic imine (C=N–C) groups is 1. The first-order valence-electron chi connectivity index (χ1n) is 10.3. The van der Waals surface area contributed by atoms with Crippen LogP contribution in [0.4, 0.5) is 5.82 Å². The lowest BCUT2D eigenvalue weighted by Gasteiger charge is -2.31. The summed E-state index contributed by atoms with van der Waals surface area (Å²) >= 11 is 0. The third kappa shape index (κ3) is 2.45. The lowest BCUT2D eigenvalue weighted by Crippen LogP contribution is -2.43. The molecule has 3 aromatic rings. The van der Waals surface area contributed by atoms with Crippen LogP contribution in [0.2, 0.25) is 0 Å². The van der Waals surface area contributed by atoms with Crippen molar-refractivity contribution in [1.29, 1.82) is 0 Å². The number of Topliss-reactive ketones (excluding diaryl/α,β-unsaturated/α-hetero) is 1. The first-order chi connectivity index (χ1) is 14.7. The third-order valence-electron chi connectivity index (χ3n) is 7.02. The molecule has 6 nitrogen and oxygen atoms in total. The van der Waals surface area contributed by atoms with Crippen molar-refractivity contribution in [2.24, 2.45) is 25.0 Å². The van der Waals surface area contributed by atoms with E-state index in [0.717, 1.165) is 32.4 Å². The Morgan fingerprint density at radius 3 is 2.19 bits per heavy atom. The van der Waals surface area contributed by atoms with Crippen LogP contribution in [0.1, 0.15) is 49.7 Å². The molecule has 2 heterocycles. The zero-order valence-corrected chi connectivity index (χ0v) is 18.2. The van der Waals surface area contributed by atoms with Gasteiger partial charge in [0.05, 0.1) is 17.2 Å². The van der Waals surface area contributed by atoms with Crippen molar-refractivity contribution in [3.05, 3.63) is 96.2 Å². The molecule has 0 N–H and O–H groups in total. The molecule has 2 aromatic carbocycles. The van der Waals surface area contributed by atoms with Gasteiger partial charge in [-0.25, -0.2) is 9.79 Å². The number of carbonyl (C=O) groups excluding carboxylic acids is 1. The van der Waals surface area contributed by atoms with E-state index < -0.39 is 23.1 Å². The predicted molar refractivity (Wildman–Crippen MR) is 120 cm³/mol. The molecule has 2 aliphatic rings. The SMILES string of the molecule is Cc1ccc([C@H]2c3c(n(C)c(=O)n(C)c3=O)N=C3c4ccccc4C(=O)[C@H]32)c(C)c1C. The van der Waals surface area contributed by atoms with Crippen LogP contribution in [0.15, 0.2) is 51.0 Å². The summed E-state index contributed by atoms with van der Waals surface area (Å²) in [5.41, 5.74) is 5.88. The van der Waals surface area contributed by atoms with Gasteiger partial charge in [0.25, 0.3) is 5.56 Å². The van der Waals surface area contributed by atoms with E-state index in [0.29, 0.717) is 22.7 Å². The standard InChI is InChI=1S/C25H23N3O3/c1-12-10-11-15(14(3)13(12)2)18-19-21(16-8-6-7-9-17(16)22(19)29)26-23-20(18)24(30)28(5)25(31)27(23)4/h6-11,18-19H,1-5H3/t18-,19+/m1/s1. The van der Waals surface area contributed by atoms with Crippen LogP contribution in [-0.4, -0.2) is 20.6 Å². The number of fused-ring (bicyclic) bond motifs is 4. The summed E-state index contributed by atoms with van der Waals surface area (Å²) in [6.45, 7) is 6.13. The normalized spacial score (nSPS) is 19.0. The van der Waals surface area contributed by atoms with Crippen molar-refractivity contribution < 1.29 is 4.79 Å². The van der Waals surface area contributed by atoms with E-state index in [4.69, 9.17) is 4.99 Å². The number of carbonyl (C=O) groups is 1. The first-order valence-corrected chi connectivity index (χ1v) is 10.3. The van der Waals surface area contributed by atoms with E-state index in [2.05, 4.69) is 6.92 Å². The van der Waals surface area contributed by atoms with E-state index in [-0.39, 0.29) is 5.78 Å². The van der Waals surface area contributed by atoms with Gasteiger partial charge in [0.1, 0.15) is 5.82 Å². The van der Waals surface area contributed by atoms with E-state index in [1.807, 2.05) is 50.2 Å². The number of nitrogens with zero attached hydrogens (tertiary/aromatic N) is 3. The Morgan fingerprint density at radius 2 is 1.48 bits per heavy atom. The van der Waals surface area contributed by atoms with Gasteiger partial charge in [0.2, 0.25) is 0 Å². The van der Waals surface area contributed by atoms with Crippen LogP contribution < -0.4 is 11.2 Å². The van der Waals surface area contributed by atoms with Gasteiger partial charge in [-0.05, 0) is 43.0 Å². The van der Waals surface area contributed by atoms with Crippen LogP contribution >= 0.6 is 0 Å². The average molecular weight is 413 g/mol. The van der Waals surface area contributed by atoms with Crippen LogP contribution in [0.25, 0.3) is 0 Å². The quantitative estimate of drug-likeness (QED) is 0.615. The Morgan fingerprint density at radius 1 is 0.806 bits per heavy atom. The number of hydrogen-bond donors (Lipinski definition) is 0. The average Bonchev–Trinajstić information content (AvgIpc) is 3.06. The number of hydrogen-bond acceptors (Lipinski definition) is 4. The first kappa shape index (κ1) is 19.4. The molecule has 0 radical (unpaired) electrons. The number of rotatable bonds is 1. The minimum Gasteiger partial charge on any atom is -0.293 e. The Labute approximate surface area is 179 Å². The Kier molecular flexibility index (Phi) is 4.06. The summed E-state index contributed by atoms with van der Waals surface area (Å²) in [6, 6.07) is 11.5.